The van der Waals surface area contributed by atoms with Crippen LogP contribution >= 0.6 is 28.1 Å². The SMILES string of the molecule is O=C(Cc1[nH]c(=S)n2c1C[C@@H](c1c(F)ccc(Br)c1F)C2)N1CCOCC1. The third kappa shape index (κ3) is 3.48. The number of carbonyl (C=O) groups is 1. The maximum Gasteiger partial charge on any atom is 0.228 e. The Labute approximate surface area is 168 Å². The summed E-state index contributed by atoms with van der Waals surface area (Å²) in [7, 11) is 0. The van der Waals surface area contributed by atoms with Crippen LogP contribution in [0.25, 0.3) is 0 Å². The number of carbonyl (C=O) groups excluding carboxylic acids is 1. The molecule has 2 aromatic rings. The first kappa shape index (κ1) is 18.8. The molecule has 0 bridgehead atoms. The summed E-state index contributed by atoms with van der Waals surface area (Å²) in [5, 5.41) is 0. The molecule has 27 heavy (non-hydrogen) atoms. The van der Waals surface area contributed by atoms with Crippen LogP contribution in [0.5, 0.6) is 0 Å². The first-order valence-electron chi connectivity index (χ1n) is 8.75. The molecule has 3 heterocycles. The molecule has 1 fully saturated rings. The Balaban J connectivity index is 1.58. The van der Waals surface area contributed by atoms with E-state index in [1.165, 1.54) is 12.1 Å². The van der Waals surface area contributed by atoms with Gasteiger partial charge in [0.25, 0.3) is 0 Å². The molecule has 5 nitrogen and oxygen atoms in total. The lowest BCUT2D eigenvalue weighted by atomic mass is 9.95. The van der Waals surface area contributed by atoms with Gasteiger partial charge in [-0.15, -0.1) is 0 Å². The van der Waals surface area contributed by atoms with Crippen LogP contribution in [0, 0.1) is 16.4 Å². The number of benzene rings is 1. The highest BCUT2D eigenvalue weighted by molar-refractivity contribution is 9.10. The van der Waals surface area contributed by atoms with Crippen LogP contribution in [0.1, 0.15) is 22.9 Å². The van der Waals surface area contributed by atoms with Crippen molar-refractivity contribution in [2.75, 3.05) is 26.3 Å². The van der Waals surface area contributed by atoms with E-state index in [-0.39, 0.29) is 28.3 Å². The molecular formula is C18H18BrF2N3O2S. The predicted octanol–water partition coefficient (Wildman–Crippen LogP) is 3.33. The highest BCUT2D eigenvalue weighted by Gasteiger charge is 2.32. The van der Waals surface area contributed by atoms with E-state index in [0.717, 1.165) is 11.4 Å². The molecular weight excluding hydrogens is 440 g/mol. The van der Waals surface area contributed by atoms with E-state index in [0.29, 0.717) is 44.0 Å². The molecule has 2 aliphatic rings. The fourth-order valence-corrected chi connectivity index (χ4v) is 4.49. The average molecular weight is 458 g/mol. The number of hydrogen-bond donors (Lipinski definition) is 1. The summed E-state index contributed by atoms with van der Waals surface area (Å²) in [5.41, 5.74) is 1.65. The molecule has 1 aromatic heterocycles. The van der Waals surface area contributed by atoms with Gasteiger partial charge >= 0.3 is 0 Å². The van der Waals surface area contributed by atoms with Crippen molar-refractivity contribution in [2.45, 2.75) is 25.3 Å². The number of nitrogens with one attached hydrogen (secondary N) is 1. The van der Waals surface area contributed by atoms with Crippen molar-refractivity contribution in [1.29, 1.82) is 0 Å². The normalized spacial score (nSPS) is 19.4. The van der Waals surface area contributed by atoms with Crippen LogP contribution in [0.2, 0.25) is 0 Å². The summed E-state index contributed by atoms with van der Waals surface area (Å²) in [6, 6.07) is 2.63. The smallest absolute Gasteiger partial charge is 0.228 e. The maximum atomic E-state index is 14.5. The van der Waals surface area contributed by atoms with Gasteiger partial charge in [-0.05, 0) is 46.7 Å². The second kappa shape index (κ2) is 7.44. The molecule has 0 spiro atoms. The van der Waals surface area contributed by atoms with Crippen molar-refractivity contribution in [3.63, 3.8) is 0 Å². The standard InChI is InChI=1S/C18H18BrF2N3O2S/c19-11-1-2-12(20)16(17(11)21)10-7-14-13(22-18(27)24(14)9-10)8-15(25)23-3-5-26-6-4-23/h1-2,10H,3-9H2,(H,22,27)/t10-/m1/s1. The topological polar surface area (TPSA) is 50.3 Å². The third-order valence-electron chi connectivity index (χ3n) is 5.20. The maximum absolute atomic E-state index is 14.5. The first-order chi connectivity index (χ1) is 13.0. The number of fused-ring (bicyclic) bond motifs is 1. The number of nitrogens with zero attached hydrogens (tertiary/aromatic N) is 2. The quantitative estimate of drug-likeness (QED) is 0.567. The number of aromatic amines is 1. The number of halogens is 3. The molecule has 1 aromatic carbocycles. The Hall–Kier alpha value is -1.58. The van der Waals surface area contributed by atoms with Gasteiger partial charge in [-0.1, -0.05) is 0 Å². The number of H-pyrrole nitrogens is 1. The fourth-order valence-electron chi connectivity index (χ4n) is 3.83. The van der Waals surface area contributed by atoms with Crippen LogP contribution < -0.4 is 0 Å². The number of amides is 1. The lowest BCUT2D eigenvalue weighted by Crippen LogP contribution is -2.41. The Morgan fingerprint density at radius 3 is 2.81 bits per heavy atom. The minimum absolute atomic E-state index is 0.00113. The molecule has 1 atom stereocenters. The number of rotatable bonds is 3. The zero-order valence-electron chi connectivity index (χ0n) is 14.4. The minimum Gasteiger partial charge on any atom is -0.378 e. The van der Waals surface area contributed by atoms with Crippen molar-refractivity contribution in [3.05, 3.63) is 50.0 Å². The zero-order chi connectivity index (χ0) is 19.1. The number of imidazole rings is 1. The van der Waals surface area contributed by atoms with Crippen molar-refractivity contribution in [3.8, 4) is 0 Å². The molecule has 1 saturated heterocycles. The van der Waals surface area contributed by atoms with Crippen LogP contribution in [-0.2, 0) is 28.9 Å². The van der Waals surface area contributed by atoms with Crippen molar-refractivity contribution in [2.24, 2.45) is 0 Å². The van der Waals surface area contributed by atoms with Gasteiger partial charge in [0.1, 0.15) is 11.6 Å². The summed E-state index contributed by atoms with van der Waals surface area (Å²) >= 11 is 8.49. The molecule has 144 valence electrons. The van der Waals surface area contributed by atoms with E-state index < -0.39 is 11.6 Å². The van der Waals surface area contributed by atoms with Crippen LogP contribution in [-0.4, -0.2) is 46.7 Å². The van der Waals surface area contributed by atoms with E-state index in [9.17, 15) is 13.6 Å². The molecule has 2 aliphatic heterocycles. The van der Waals surface area contributed by atoms with Gasteiger partial charge in [0.2, 0.25) is 5.91 Å². The van der Waals surface area contributed by atoms with E-state index in [1.807, 2.05) is 4.57 Å². The number of morpholine rings is 1. The summed E-state index contributed by atoms with van der Waals surface area (Å²) in [4.78, 5) is 17.4. The monoisotopic (exact) mass is 457 g/mol. The summed E-state index contributed by atoms with van der Waals surface area (Å²) in [6.07, 6.45) is 0.630. The Morgan fingerprint density at radius 2 is 2.07 bits per heavy atom. The molecule has 0 radical (unpaired) electrons. The predicted molar refractivity (Wildman–Crippen MR) is 101 cm³/mol. The van der Waals surface area contributed by atoms with E-state index in [1.54, 1.807) is 4.90 Å². The molecule has 9 heteroatoms. The highest BCUT2D eigenvalue weighted by Crippen LogP contribution is 2.36. The molecule has 0 saturated carbocycles. The minimum atomic E-state index is -0.577. The van der Waals surface area contributed by atoms with E-state index in [4.69, 9.17) is 17.0 Å². The zero-order valence-corrected chi connectivity index (χ0v) is 16.8. The second-order valence-corrected chi connectivity index (χ2v) is 8.03. The van der Waals surface area contributed by atoms with Crippen molar-refractivity contribution < 1.29 is 18.3 Å². The molecule has 1 N–H and O–H groups in total. The van der Waals surface area contributed by atoms with Gasteiger partial charge in [0, 0.05) is 42.5 Å². The first-order valence-corrected chi connectivity index (χ1v) is 9.95. The Kier molecular flexibility index (Phi) is 5.17. The Bertz CT molecular complexity index is 953. The molecule has 4 rings (SSSR count). The second-order valence-electron chi connectivity index (χ2n) is 6.79. The van der Waals surface area contributed by atoms with Gasteiger partial charge in [0.15, 0.2) is 4.77 Å². The summed E-state index contributed by atoms with van der Waals surface area (Å²) < 4.78 is 36.6. The van der Waals surface area contributed by atoms with E-state index >= 15 is 0 Å². The van der Waals surface area contributed by atoms with Crippen LogP contribution in [0.4, 0.5) is 8.78 Å². The summed E-state index contributed by atoms with van der Waals surface area (Å²) in [5.74, 6) is -1.49. The van der Waals surface area contributed by atoms with Gasteiger partial charge in [0.05, 0.1) is 24.1 Å². The van der Waals surface area contributed by atoms with Crippen LogP contribution in [0.15, 0.2) is 16.6 Å². The fraction of sp³-hybridized carbons (Fsp3) is 0.444. The van der Waals surface area contributed by atoms with Crippen molar-refractivity contribution in [1.82, 2.24) is 14.5 Å². The lowest BCUT2D eigenvalue weighted by Gasteiger charge is -2.26. The van der Waals surface area contributed by atoms with Gasteiger partial charge < -0.3 is 19.2 Å². The number of hydrogen-bond acceptors (Lipinski definition) is 3. The highest BCUT2D eigenvalue weighted by atomic mass is 79.9. The lowest BCUT2D eigenvalue weighted by molar-refractivity contribution is -0.134. The number of aromatic nitrogens is 2. The van der Waals surface area contributed by atoms with Crippen molar-refractivity contribution >= 4 is 34.1 Å². The van der Waals surface area contributed by atoms with Gasteiger partial charge in [-0.2, -0.15) is 0 Å². The molecule has 0 unspecified atom stereocenters. The summed E-state index contributed by atoms with van der Waals surface area (Å²) in [6.45, 7) is 2.62. The van der Waals surface area contributed by atoms with Gasteiger partial charge in [-0.25, -0.2) is 8.78 Å². The van der Waals surface area contributed by atoms with E-state index in [2.05, 4.69) is 20.9 Å². The molecule has 0 aliphatic carbocycles. The average Bonchev–Trinajstić information content (AvgIpc) is 3.21. The third-order valence-corrected chi connectivity index (χ3v) is 6.13. The number of ether oxygens (including phenoxy) is 1. The van der Waals surface area contributed by atoms with Crippen LogP contribution in [0.3, 0.4) is 0 Å². The largest absolute Gasteiger partial charge is 0.378 e. The molecule has 1 amide bonds. The Morgan fingerprint density at radius 1 is 1.33 bits per heavy atom. The van der Waals surface area contributed by atoms with Gasteiger partial charge in [-0.3, -0.25) is 4.79 Å².